The molecule has 1 aliphatic carbocycles. The third kappa shape index (κ3) is 8.05. The fraction of sp³-hybridized carbons (Fsp3) is 0.875. The van der Waals surface area contributed by atoms with E-state index in [1.165, 1.54) is 25.7 Å². The van der Waals surface area contributed by atoms with Gasteiger partial charge in [0.05, 0.1) is 0 Å². The number of carboxylic acids is 1. The largest absolute Gasteiger partial charge is 0.480 e. The Kier molecular flexibility index (Phi) is 8.35. The van der Waals surface area contributed by atoms with Crippen LogP contribution in [0.15, 0.2) is 0 Å². The van der Waals surface area contributed by atoms with Crippen molar-refractivity contribution >= 4 is 11.9 Å². The molecule has 0 atom stereocenters. The van der Waals surface area contributed by atoms with Crippen molar-refractivity contribution in [2.45, 2.75) is 52.4 Å². The number of amides is 1. The second kappa shape index (κ2) is 9.77. The molecule has 0 unspecified atom stereocenters. The minimum Gasteiger partial charge on any atom is -0.480 e. The van der Waals surface area contributed by atoms with E-state index in [1.807, 2.05) is 4.90 Å². The van der Waals surface area contributed by atoms with Crippen molar-refractivity contribution in [3.05, 3.63) is 0 Å². The molecule has 0 aliphatic heterocycles. The molecule has 122 valence electrons. The van der Waals surface area contributed by atoms with Crippen molar-refractivity contribution < 1.29 is 19.4 Å². The minimum absolute atomic E-state index is 0.0881. The maximum absolute atomic E-state index is 12.2. The maximum Gasteiger partial charge on any atom is 0.329 e. The number of carbonyl (C=O) groups is 2. The van der Waals surface area contributed by atoms with Crippen LogP contribution < -0.4 is 0 Å². The molecule has 5 heteroatoms. The molecular formula is C16H29NO4. The molecule has 0 aromatic rings. The SMILES string of the molecule is CC(C)CCN(CCC1CCCC1)C(=O)COCC(=O)O. The molecule has 0 radical (unpaired) electrons. The second-order valence-electron chi connectivity index (χ2n) is 6.39. The summed E-state index contributed by atoms with van der Waals surface area (Å²) in [6.07, 6.45) is 7.21. The zero-order chi connectivity index (χ0) is 15.7. The third-order valence-electron chi connectivity index (χ3n) is 4.06. The quantitative estimate of drug-likeness (QED) is 0.673. The van der Waals surface area contributed by atoms with E-state index in [0.29, 0.717) is 5.92 Å². The van der Waals surface area contributed by atoms with Gasteiger partial charge in [0.15, 0.2) is 0 Å². The van der Waals surface area contributed by atoms with Gasteiger partial charge >= 0.3 is 5.97 Å². The summed E-state index contributed by atoms with van der Waals surface area (Å²) in [7, 11) is 0. The van der Waals surface area contributed by atoms with Crippen LogP contribution in [-0.4, -0.2) is 48.2 Å². The zero-order valence-corrected chi connectivity index (χ0v) is 13.3. The molecule has 1 amide bonds. The van der Waals surface area contributed by atoms with Gasteiger partial charge in [-0.15, -0.1) is 0 Å². The monoisotopic (exact) mass is 299 g/mol. The van der Waals surface area contributed by atoms with E-state index in [0.717, 1.165) is 31.8 Å². The summed E-state index contributed by atoms with van der Waals surface area (Å²) < 4.78 is 4.93. The molecule has 0 heterocycles. The van der Waals surface area contributed by atoms with Crippen molar-refractivity contribution in [3.8, 4) is 0 Å². The molecule has 5 nitrogen and oxygen atoms in total. The van der Waals surface area contributed by atoms with Gasteiger partial charge in [0, 0.05) is 13.1 Å². The van der Waals surface area contributed by atoms with Crippen LogP contribution in [0.1, 0.15) is 52.4 Å². The lowest BCUT2D eigenvalue weighted by molar-refractivity contribution is -0.146. The highest BCUT2D eigenvalue weighted by Crippen LogP contribution is 2.27. The fourth-order valence-electron chi connectivity index (χ4n) is 2.73. The Morgan fingerprint density at radius 3 is 2.43 bits per heavy atom. The molecule has 1 saturated carbocycles. The van der Waals surface area contributed by atoms with E-state index >= 15 is 0 Å². The summed E-state index contributed by atoms with van der Waals surface area (Å²) in [5, 5.41) is 8.54. The normalized spacial score (nSPS) is 15.6. The fourth-order valence-corrected chi connectivity index (χ4v) is 2.73. The highest BCUT2D eigenvalue weighted by molar-refractivity contribution is 5.78. The molecule has 1 fully saturated rings. The molecule has 1 N–H and O–H groups in total. The number of hydrogen-bond acceptors (Lipinski definition) is 3. The Hall–Kier alpha value is -1.10. The molecule has 0 saturated heterocycles. The highest BCUT2D eigenvalue weighted by atomic mass is 16.5. The van der Waals surface area contributed by atoms with Crippen LogP contribution in [0.2, 0.25) is 0 Å². The molecule has 0 bridgehead atoms. The Labute approximate surface area is 127 Å². The highest BCUT2D eigenvalue weighted by Gasteiger charge is 2.19. The van der Waals surface area contributed by atoms with Crippen LogP contribution in [0, 0.1) is 11.8 Å². The van der Waals surface area contributed by atoms with Crippen molar-refractivity contribution in [2.24, 2.45) is 11.8 Å². The number of carbonyl (C=O) groups excluding carboxylic acids is 1. The Morgan fingerprint density at radius 1 is 1.19 bits per heavy atom. The summed E-state index contributed by atoms with van der Waals surface area (Å²) in [6, 6.07) is 0. The predicted octanol–water partition coefficient (Wildman–Crippen LogP) is 2.54. The van der Waals surface area contributed by atoms with Crippen LogP contribution in [0.25, 0.3) is 0 Å². The number of nitrogens with zero attached hydrogens (tertiary/aromatic N) is 1. The molecule has 1 rings (SSSR count). The van der Waals surface area contributed by atoms with E-state index < -0.39 is 12.6 Å². The summed E-state index contributed by atoms with van der Waals surface area (Å²) >= 11 is 0. The first-order valence-electron chi connectivity index (χ1n) is 8.06. The van der Waals surface area contributed by atoms with Crippen molar-refractivity contribution in [2.75, 3.05) is 26.3 Å². The average Bonchev–Trinajstić information content (AvgIpc) is 2.91. The summed E-state index contributed by atoms with van der Waals surface area (Å²) in [6.45, 7) is 5.24. The lowest BCUT2D eigenvalue weighted by atomic mass is 10.0. The summed E-state index contributed by atoms with van der Waals surface area (Å²) in [5.41, 5.74) is 0. The van der Waals surface area contributed by atoms with E-state index in [9.17, 15) is 9.59 Å². The second-order valence-corrected chi connectivity index (χ2v) is 6.39. The number of hydrogen-bond donors (Lipinski definition) is 1. The van der Waals surface area contributed by atoms with Gasteiger partial charge in [-0.1, -0.05) is 39.5 Å². The van der Waals surface area contributed by atoms with Gasteiger partial charge in [-0.05, 0) is 24.7 Å². The van der Waals surface area contributed by atoms with Crippen molar-refractivity contribution in [1.82, 2.24) is 4.90 Å². The van der Waals surface area contributed by atoms with Gasteiger partial charge in [0.25, 0.3) is 0 Å². The van der Waals surface area contributed by atoms with Crippen LogP contribution in [0.5, 0.6) is 0 Å². The van der Waals surface area contributed by atoms with Gasteiger partial charge in [-0.3, -0.25) is 4.79 Å². The Morgan fingerprint density at radius 2 is 1.86 bits per heavy atom. The van der Waals surface area contributed by atoms with Crippen LogP contribution in [0.3, 0.4) is 0 Å². The van der Waals surface area contributed by atoms with Gasteiger partial charge in [0.1, 0.15) is 13.2 Å². The Bertz CT molecular complexity index is 324. The molecular weight excluding hydrogens is 270 g/mol. The van der Waals surface area contributed by atoms with E-state index in [4.69, 9.17) is 9.84 Å². The zero-order valence-electron chi connectivity index (χ0n) is 13.3. The number of carboxylic acid groups (broad SMARTS) is 1. The molecule has 0 aromatic heterocycles. The topological polar surface area (TPSA) is 66.8 Å². The molecule has 0 aromatic carbocycles. The van der Waals surface area contributed by atoms with E-state index in [2.05, 4.69) is 13.8 Å². The molecule has 0 spiro atoms. The first-order chi connectivity index (χ1) is 9.99. The first-order valence-corrected chi connectivity index (χ1v) is 8.06. The first kappa shape index (κ1) is 18.0. The van der Waals surface area contributed by atoms with Gasteiger partial charge in [0.2, 0.25) is 5.91 Å². The minimum atomic E-state index is -1.04. The standard InChI is InChI=1S/C16H29NO4/c1-13(2)7-9-17(10-8-14-5-3-4-6-14)15(18)11-21-12-16(19)20/h13-14H,3-12H2,1-2H3,(H,19,20). The van der Waals surface area contributed by atoms with Crippen LogP contribution in [0.4, 0.5) is 0 Å². The van der Waals surface area contributed by atoms with Gasteiger partial charge in [-0.25, -0.2) is 4.79 Å². The lowest BCUT2D eigenvalue weighted by Gasteiger charge is -2.25. The van der Waals surface area contributed by atoms with E-state index in [-0.39, 0.29) is 12.5 Å². The van der Waals surface area contributed by atoms with Gasteiger partial charge in [-0.2, -0.15) is 0 Å². The van der Waals surface area contributed by atoms with Crippen molar-refractivity contribution in [1.29, 1.82) is 0 Å². The maximum atomic E-state index is 12.2. The number of aliphatic carboxylic acids is 1. The molecule has 21 heavy (non-hydrogen) atoms. The predicted molar refractivity (Wildman–Crippen MR) is 81.1 cm³/mol. The van der Waals surface area contributed by atoms with E-state index in [1.54, 1.807) is 0 Å². The average molecular weight is 299 g/mol. The number of rotatable bonds is 10. The third-order valence-corrected chi connectivity index (χ3v) is 4.06. The van der Waals surface area contributed by atoms with Crippen molar-refractivity contribution in [3.63, 3.8) is 0 Å². The van der Waals surface area contributed by atoms with Crippen LogP contribution in [-0.2, 0) is 14.3 Å². The molecule has 1 aliphatic rings. The van der Waals surface area contributed by atoms with Crippen LogP contribution >= 0.6 is 0 Å². The summed E-state index contributed by atoms with van der Waals surface area (Å²) in [5.74, 6) is 0.170. The lowest BCUT2D eigenvalue weighted by Crippen LogP contribution is -2.37. The number of ether oxygens (including phenoxy) is 1. The van der Waals surface area contributed by atoms with Gasteiger partial charge < -0.3 is 14.7 Å². The summed E-state index contributed by atoms with van der Waals surface area (Å²) in [4.78, 5) is 24.4. The smallest absolute Gasteiger partial charge is 0.329 e. The Balaban J connectivity index is 2.37.